The van der Waals surface area contributed by atoms with E-state index in [4.69, 9.17) is 4.74 Å². The van der Waals surface area contributed by atoms with Crippen LogP contribution in [0.15, 0.2) is 24.3 Å². The molecule has 2 N–H and O–H groups in total. The fourth-order valence-corrected chi connectivity index (χ4v) is 3.65. The highest BCUT2D eigenvalue weighted by atomic mass is 35.5. The minimum Gasteiger partial charge on any atom is -0.497 e. The summed E-state index contributed by atoms with van der Waals surface area (Å²) in [6.45, 7) is 7.92. The van der Waals surface area contributed by atoms with Crippen LogP contribution >= 0.6 is 12.4 Å². The fraction of sp³-hybridized carbons (Fsp3) is 0.667. The van der Waals surface area contributed by atoms with Crippen molar-refractivity contribution in [1.82, 2.24) is 15.5 Å². The van der Waals surface area contributed by atoms with Crippen molar-refractivity contribution < 1.29 is 9.53 Å². The summed E-state index contributed by atoms with van der Waals surface area (Å²) in [5.41, 5.74) is 1.12. The maximum absolute atomic E-state index is 12.6. The molecule has 1 aromatic rings. The van der Waals surface area contributed by atoms with Crippen LogP contribution < -0.4 is 15.4 Å². The zero-order valence-electron chi connectivity index (χ0n) is 17.2. The van der Waals surface area contributed by atoms with Gasteiger partial charge in [-0.15, -0.1) is 12.4 Å². The van der Waals surface area contributed by atoms with Crippen LogP contribution in [0.25, 0.3) is 0 Å². The Morgan fingerprint density at radius 3 is 2.37 bits per heavy atom. The van der Waals surface area contributed by atoms with E-state index >= 15 is 0 Å². The summed E-state index contributed by atoms with van der Waals surface area (Å²) in [7, 11) is 3.67. The number of nitrogens with zero attached hydrogens (tertiary/aromatic N) is 1. The Balaban J connectivity index is 0.00000364. The molecule has 1 amide bonds. The van der Waals surface area contributed by atoms with Crippen LogP contribution in [0.4, 0.5) is 0 Å². The van der Waals surface area contributed by atoms with Gasteiger partial charge in [0.15, 0.2) is 0 Å². The number of hydrogen-bond donors (Lipinski definition) is 2. The van der Waals surface area contributed by atoms with Gasteiger partial charge in [0.05, 0.1) is 19.7 Å². The molecule has 2 rings (SSSR count). The molecule has 0 bridgehead atoms. The molecule has 1 heterocycles. The lowest BCUT2D eigenvalue weighted by Gasteiger charge is -2.32. The van der Waals surface area contributed by atoms with Gasteiger partial charge in [-0.2, -0.15) is 0 Å². The lowest BCUT2D eigenvalue weighted by Crippen LogP contribution is -2.43. The third-order valence-electron chi connectivity index (χ3n) is 5.34. The molecule has 0 saturated carbocycles. The van der Waals surface area contributed by atoms with Crippen LogP contribution in [0, 0.1) is 11.8 Å². The van der Waals surface area contributed by atoms with E-state index in [1.165, 1.54) is 19.3 Å². The van der Waals surface area contributed by atoms with E-state index < -0.39 is 0 Å². The molecule has 1 aliphatic rings. The van der Waals surface area contributed by atoms with Crippen LogP contribution in [0.1, 0.15) is 44.7 Å². The summed E-state index contributed by atoms with van der Waals surface area (Å²) in [4.78, 5) is 14.9. The van der Waals surface area contributed by atoms with E-state index in [0.29, 0.717) is 12.5 Å². The maximum Gasteiger partial charge on any atom is 0.234 e. The Kier molecular flexibility index (Phi) is 10.7. The minimum absolute atomic E-state index is 0. The summed E-state index contributed by atoms with van der Waals surface area (Å²) in [6, 6.07) is 8.01. The monoisotopic (exact) mass is 397 g/mol. The molecule has 1 fully saturated rings. The Morgan fingerprint density at radius 2 is 1.85 bits per heavy atom. The minimum atomic E-state index is 0. The second-order valence-corrected chi connectivity index (χ2v) is 7.67. The number of halogens is 1. The Labute approximate surface area is 170 Å². The van der Waals surface area contributed by atoms with Crippen molar-refractivity contribution >= 4 is 18.3 Å². The number of nitrogens with one attached hydrogen (secondary N) is 2. The van der Waals surface area contributed by atoms with Crippen molar-refractivity contribution in [3.63, 3.8) is 0 Å². The smallest absolute Gasteiger partial charge is 0.234 e. The number of methoxy groups -OCH3 is 1. The molecular weight excluding hydrogens is 362 g/mol. The standard InChI is InChI=1S/C21H35N3O2.ClH/c1-16(2)21(18-5-7-19(26-4)8-6-18)23-20(25)15-24-13-10-17(11-14-24)9-12-22-3;/h5-8,16-17,21-22H,9-15H2,1-4H3,(H,23,25);1H. The van der Waals surface area contributed by atoms with Gasteiger partial charge in [-0.3, -0.25) is 9.69 Å². The summed E-state index contributed by atoms with van der Waals surface area (Å²) in [6.07, 6.45) is 3.63. The number of rotatable bonds is 9. The highest BCUT2D eigenvalue weighted by molar-refractivity contribution is 5.85. The summed E-state index contributed by atoms with van der Waals surface area (Å²) in [5.74, 6) is 2.08. The molecule has 0 aromatic heterocycles. The van der Waals surface area contributed by atoms with Crippen LogP contribution in [-0.2, 0) is 4.79 Å². The summed E-state index contributed by atoms with van der Waals surface area (Å²) in [5, 5.41) is 6.46. The number of benzene rings is 1. The summed E-state index contributed by atoms with van der Waals surface area (Å²) < 4.78 is 5.23. The van der Waals surface area contributed by atoms with Crippen molar-refractivity contribution in [1.29, 1.82) is 0 Å². The third kappa shape index (κ3) is 7.68. The first-order valence-corrected chi connectivity index (χ1v) is 9.83. The molecule has 154 valence electrons. The predicted molar refractivity (Wildman–Crippen MR) is 114 cm³/mol. The molecule has 1 unspecified atom stereocenters. The van der Waals surface area contributed by atoms with E-state index in [9.17, 15) is 4.79 Å². The molecule has 27 heavy (non-hydrogen) atoms. The predicted octanol–water partition coefficient (Wildman–Crippen LogP) is 3.25. The second kappa shape index (κ2) is 12.2. The first kappa shape index (κ1) is 23.7. The van der Waals surface area contributed by atoms with Crippen LogP contribution in [0.3, 0.4) is 0 Å². The third-order valence-corrected chi connectivity index (χ3v) is 5.34. The maximum atomic E-state index is 12.6. The normalized spacial score (nSPS) is 16.6. The number of hydrogen-bond acceptors (Lipinski definition) is 4. The number of carbonyl (C=O) groups is 1. The Hall–Kier alpha value is -1.30. The van der Waals surface area contributed by atoms with Gasteiger partial charge in [0.1, 0.15) is 5.75 Å². The number of amides is 1. The second-order valence-electron chi connectivity index (χ2n) is 7.67. The van der Waals surface area contributed by atoms with Crippen molar-refractivity contribution in [3.8, 4) is 5.75 Å². The Morgan fingerprint density at radius 1 is 1.22 bits per heavy atom. The van der Waals surface area contributed by atoms with Gasteiger partial charge in [-0.1, -0.05) is 26.0 Å². The zero-order chi connectivity index (χ0) is 18.9. The largest absolute Gasteiger partial charge is 0.497 e. The van der Waals surface area contributed by atoms with E-state index in [1.807, 2.05) is 31.3 Å². The number of piperidine rings is 1. The Bertz CT molecular complexity index is 543. The molecule has 0 radical (unpaired) electrons. The first-order chi connectivity index (χ1) is 12.5. The van der Waals surface area contributed by atoms with Gasteiger partial charge in [-0.05, 0) is 75.5 Å². The molecule has 1 atom stereocenters. The van der Waals surface area contributed by atoms with Crippen LogP contribution in [0.2, 0.25) is 0 Å². The van der Waals surface area contributed by atoms with Gasteiger partial charge in [0.25, 0.3) is 0 Å². The molecule has 1 aliphatic heterocycles. The van der Waals surface area contributed by atoms with Gasteiger partial charge >= 0.3 is 0 Å². The molecular formula is C21H36ClN3O2. The number of likely N-dealkylation sites (tertiary alicyclic amines) is 1. The van der Waals surface area contributed by atoms with E-state index in [-0.39, 0.29) is 24.4 Å². The first-order valence-electron chi connectivity index (χ1n) is 9.83. The molecule has 1 aromatic carbocycles. The van der Waals surface area contributed by atoms with E-state index in [1.54, 1.807) is 7.11 Å². The van der Waals surface area contributed by atoms with Gasteiger partial charge in [0, 0.05) is 0 Å². The van der Waals surface area contributed by atoms with Gasteiger partial charge < -0.3 is 15.4 Å². The van der Waals surface area contributed by atoms with Crippen LogP contribution in [0.5, 0.6) is 5.75 Å². The topological polar surface area (TPSA) is 53.6 Å². The van der Waals surface area contributed by atoms with Gasteiger partial charge in [0.2, 0.25) is 5.91 Å². The lowest BCUT2D eigenvalue weighted by molar-refractivity contribution is -0.123. The molecule has 0 aliphatic carbocycles. The zero-order valence-corrected chi connectivity index (χ0v) is 18.0. The number of carbonyl (C=O) groups excluding carboxylic acids is 1. The molecule has 0 spiro atoms. The lowest BCUT2D eigenvalue weighted by atomic mass is 9.93. The van der Waals surface area contributed by atoms with Crippen molar-refractivity contribution in [3.05, 3.63) is 29.8 Å². The van der Waals surface area contributed by atoms with Gasteiger partial charge in [-0.25, -0.2) is 0 Å². The fourth-order valence-electron chi connectivity index (χ4n) is 3.65. The quantitative estimate of drug-likeness (QED) is 0.671. The molecule has 5 nitrogen and oxygen atoms in total. The molecule has 6 heteroatoms. The molecule has 1 saturated heterocycles. The van der Waals surface area contributed by atoms with E-state index in [0.717, 1.165) is 36.9 Å². The van der Waals surface area contributed by atoms with Crippen LogP contribution in [-0.4, -0.2) is 51.1 Å². The average molecular weight is 398 g/mol. The average Bonchev–Trinajstić information content (AvgIpc) is 2.65. The number of ether oxygens (including phenoxy) is 1. The highest BCUT2D eigenvalue weighted by Crippen LogP contribution is 2.24. The van der Waals surface area contributed by atoms with Crippen molar-refractivity contribution in [2.45, 2.75) is 39.2 Å². The summed E-state index contributed by atoms with van der Waals surface area (Å²) >= 11 is 0. The van der Waals surface area contributed by atoms with Crippen molar-refractivity contribution in [2.75, 3.05) is 40.3 Å². The van der Waals surface area contributed by atoms with E-state index in [2.05, 4.69) is 29.4 Å². The van der Waals surface area contributed by atoms with Crippen molar-refractivity contribution in [2.24, 2.45) is 11.8 Å². The highest BCUT2D eigenvalue weighted by Gasteiger charge is 2.23. The SMILES string of the molecule is CNCCC1CCN(CC(=O)NC(c2ccc(OC)cc2)C(C)C)CC1.Cl.